The van der Waals surface area contributed by atoms with Gasteiger partial charge < -0.3 is 9.47 Å². The van der Waals surface area contributed by atoms with E-state index in [-0.39, 0.29) is 11.3 Å². The summed E-state index contributed by atoms with van der Waals surface area (Å²) >= 11 is 12.0. The molecule has 33 heavy (non-hydrogen) atoms. The average molecular weight is 489 g/mol. The normalized spacial score (nSPS) is 11.8. The Morgan fingerprint density at radius 3 is 2.48 bits per heavy atom. The van der Waals surface area contributed by atoms with Gasteiger partial charge in [-0.1, -0.05) is 42.3 Å². The standard InChI is InChI=1S/C24H19Cl2FN2O4/c1-2-21(33-22-12-9-16(25)13-19(22)26)23(30)29-28-14-15-7-10-17(11-8-15)32-24(31)18-5-3-4-6-20(18)27/h3-14,21H,2H2,1H3,(H,29,30)/b28-14-/t21-/m0/s1. The van der Waals surface area contributed by atoms with Gasteiger partial charge in [-0.05, 0) is 66.6 Å². The maximum Gasteiger partial charge on any atom is 0.346 e. The van der Waals surface area contributed by atoms with Crippen LogP contribution >= 0.6 is 23.2 Å². The van der Waals surface area contributed by atoms with Crippen LogP contribution in [0.25, 0.3) is 0 Å². The van der Waals surface area contributed by atoms with Crippen LogP contribution in [0.1, 0.15) is 29.3 Å². The van der Waals surface area contributed by atoms with Gasteiger partial charge in [0.25, 0.3) is 5.91 Å². The van der Waals surface area contributed by atoms with Gasteiger partial charge in [-0.15, -0.1) is 0 Å². The second-order valence-electron chi connectivity index (χ2n) is 6.76. The lowest BCUT2D eigenvalue weighted by atomic mass is 10.2. The highest BCUT2D eigenvalue weighted by Gasteiger charge is 2.19. The first kappa shape index (κ1) is 24.2. The zero-order valence-electron chi connectivity index (χ0n) is 17.4. The Labute approximate surface area is 199 Å². The molecule has 0 saturated heterocycles. The monoisotopic (exact) mass is 488 g/mol. The summed E-state index contributed by atoms with van der Waals surface area (Å²) in [6, 6.07) is 16.6. The van der Waals surface area contributed by atoms with Crippen molar-refractivity contribution >= 4 is 41.3 Å². The number of benzene rings is 3. The van der Waals surface area contributed by atoms with Gasteiger partial charge in [0.05, 0.1) is 16.8 Å². The lowest BCUT2D eigenvalue weighted by Gasteiger charge is -2.16. The fourth-order valence-corrected chi connectivity index (χ4v) is 3.15. The van der Waals surface area contributed by atoms with Gasteiger partial charge in [0.1, 0.15) is 17.3 Å². The Balaban J connectivity index is 1.55. The van der Waals surface area contributed by atoms with Gasteiger partial charge >= 0.3 is 5.97 Å². The first-order chi connectivity index (χ1) is 15.9. The van der Waals surface area contributed by atoms with E-state index in [0.29, 0.717) is 27.8 Å². The zero-order chi connectivity index (χ0) is 23.8. The number of nitrogens with zero attached hydrogens (tertiary/aromatic N) is 1. The maximum absolute atomic E-state index is 13.7. The van der Waals surface area contributed by atoms with E-state index < -0.39 is 23.8 Å². The number of carbonyl (C=O) groups is 2. The molecule has 3 aromatic carbocycles. The average Bonchev–Trinajstić information content (AvgIpc) is 2.80. The lowest BCUT2D eigenvalue weighted by molar-refractivity contribution is -0.128. The van der Waals surface area contributed by atoms with Crippen molar-refractivity contribution in [3.63, 3.8) is 0 Å². The van der Waals surface area contributed by atoms with Crippen molar-refractivity contribution in [1.82, 2.24) is 5.43 Å². The van der Waals surface area contributed by atoms with Crippen molar-refractivity contribution < 1.29 is 23.5 Å². The van der Waals surface area contributed by atoms with E-state index in [1.165, 1.54) is 42.6 Å². The second kappa shape index (κ2) is 11.4. The van der Waals surface area contributed by atoms with Gasteiger partial charge in [0, 0.05) is 5.02 Å². The van der Waals surface area contributed by atoms with Crippen LogP contribution in [0.3, 0.4) is 0 Å². The summed E-state index contributed by atoms with van der Waals surface area (Å²) in [6.45, 7) is 1.79. The third-order valence-electron chi connectivity index (χ3n) is 4.40. The summed E-state index contributed by atoms with van der Waals surface area (Å²) in [5.74, 6) is -1.32. The summed E-state index contributed by atoms with van der Waals surface area (Å²) in [6.07, 6.45) is 1.01. The fourth-order valence-electron chi connectivity index (χ4n) is 2.70. The number of amides is 1. The molecule has 0 aromatic heterocycles. The van der Waals surface area contributed by atoms with E-state index >= 15 is 0 Å². The number of rotatable bonds is 8. The molecule has 0 radical (unpaired) electrons. The summed E-state index contributed by atoms with van der Waals surface area (Å²) in [4.78, 5) is 24.4. The van der Waals surface area contributed by atoms with Crippen molar-refractivity contribution in [2.45, 2.75) is 19.4 Å². The highest BCUT2D eigenvalue weighted by Crippen LogP contribution is 2.28. The van der Waals surface area contributed by atoms with Crippen LogP contribution in [0.5, 0.6) is 11.5 Å². The third kappa shape index (κ3) is 6.78. The van der Waals surface area contributed by atoms with Crippen molar-refractivity contribution in [2.24, 2.45) is 5.10 Å². The number of hydrazone groups is 1. The van der Waals surface area contributed by atoms with Crippen molar-refractivity contribution in [3.05, 3.63) is 93.7 Å². The van der Waals surface area contributed by atoms with E-state index in [1.54, 1.807) is 37.3 Å². The van der Waals surface area contributed by atoms with Crippen molar-refractivity contribution in [2.75, 3.05) is 0 Å². The topological polar surface area (TPSA) is 77.0 Å². The van der Waals surface area contributed by atoms with E-state index in [1.807, 2.05) is 0 Å². The molecule has 9 heteroatoms. The van der Waals surface area contributed by atoms with Crippen molar-refractivity contribution in [3.8, 4) is 11.5 Å². The molecular weight excluding hydrogens is 470 g/mol. The van der Waals surface area contributed by atoms with Crippen LogP contribution in [-0.4, -0.2) is 24.2 Å². The highest BCUT2D eigenvalue weighted by molar-refractivity contribution is 6.35. The number of esters is 1. The van der Waals surface area contributed by atoms with Gasteiger partial charge in [-0.25, -0.2) is 14.6 Å². The zero-order valence-corrected chi connectivity index (χ0v) is 18.9. The van der Waals surface area contributed by atoms with Gasteiger partial charge in [0.2, 0.25) is 0 Å². The molecule has 1 amide bonds. The number of hydrogen-bond acceptors (Lipinski definition) is 5. The summed E-state index contributed by atoms with van der Waals surface area (Å²) in [5, 5.41) is 4.68. The Kier molecular flexibility index (Phi) is 8.40. The summed E-state index contributed by atoms with van der Waals surface area (Å²) in [5.41, 5.74) is 2.90. The number of ether oxygens (including phenoxy) is 2. The van der Waals surface area contributed by atoms with Crippen LogP contribution in [0, 0.1) is 5.82 Å². The molecule has 170 valence electrons. The Morgan fingerprint density at radius 2 is 1.82 bits per heavy atom. The molecule has 0 unspecified atom stereocenters. The van der Waals surface area contributed by atoms with E-state index in [4.69, 9.17) is 32.7 Å². The number of halogens is 3. The molecule has 1 N–H and O–H groups in total. The third-order valence-corrected chi connectivity index (χ3v) is 4.93. The minimum Gasteiger partial charge on any atom is -0.479 e. The molecule has 3 rings (SSSR count). The molecule has 0 aliphatic carbocycles. The number of hydrogen-bond donors (Lipinski definition) is 1. The predicted molar refractivity (Wildman–Crippen MR) is 125 cm³/mol. The summed E-state index contributed by atoms with van der Waals surface area (Å²) in [7, 11) is 0. The second-order valence-corrected chi connectivity index (χ2v) is 7.61. The largest absolute Gasteiger partial charge is 0.479 e. The number of carbonyl (C=O) groups excluding carboxylic acids is 2. The predicted octanol–water partition coefficient (Wildman–Crippen LogP) is 5.66. The lowest BCUT2D eigenvalue weighted by Crippen LogP contribution is -2.35. The Bertz CT molecular complexity index is 1170. The smallest absolute Gasteiger partial charge is 0.346 e. The maximum atomic E-state index is 13.7. The molecule has 6 nitrogen and oxygen atoms in total. The molecule has 3 aromatic rings. The van der Waals surface area contributed by atoms with Gasteiger partial charge in [-0.3, -0.25) is 4.79 Å². The molecule has 0 spiro atoms. The molecule has 0 bridgehead atoms. The van der Waals surface area contributed by atoms with E-state index in [0.717, 1.165) is 0 Å². The van der Waals surface area contributed by atoms with E-state index in [2.05, 4.69) is 10.5 Å². The summed E-state index contributed by atoms with van der Waals surface area (Å²) < 4.78 is 24.5. The molecule has 0 aliphatic heterocycles. The van der Waals surface area contributed by atoms with Crippen molar-refractivity contribution in [1.29, 1.82) is 0 Å². The molecule has 0 heterocycles. The van der Waals surface area contributed by atoms with Crippen LogP contribution in [0.2, 0.25) is 10.0 Å². The minimum atomic E-state index is -0.805. The Morgan fingerprint density at radius 1 is 1.09 bits per heavy atom. The molecular formula is C24H19Cl2FN2O4. The van der Waals surface area contributed by atoms with Crippen LogP contribution in [0.4, 0.5) is 4.39 Å². The van der Waals surface area contributed by atoms with Gasteiger partial charge in [0.15, 0.2) is 6.10 Å². The van der Waals surface area contributed by atoms with E-state index in [9.17, 15) is 14.0 Å². The molecule has 0 saturated carbocycles. The van der Waals surface area contributed by atoms with Crippen LogP contribution in [0.15, 0.2) is 71.8 Å². The Hall–Kier alpha value is -3.42. The van der Waals surface area contributed by atoms with Gasteiger partial charge in [-0.2, -0.15) is 5.10 Å². The first-order valence-corrected chi connectivity index (χ1v) is 10.6. The van der Waals surface area contributed by atoms with Crippen LogP contribution < -0.4 is 14.9 Å². The molecule has 0 fully saturated rings. The fraction of sp³-hybridized carbons (Fsp3) is 0.125. The SMILES string of the molecule is CC[C@H](Oc1ccc(Cl)cc1Cl)C(=O)N/N=C\c1ccc(OC(=O)c2ccccc2F)cc1. The highest BCUT2D eigenvalue weighted by atomic mass is 35.5. The minimum absolute atomic E-state index is 0.154. The molecule has 0 aliphatic rings. The van der Waals surface area contributed by atoms with Crippen LogP contribution in [-0.2, 0) is 4.79 Å². The first-order valence-electron chi connectivity index (χ1n) is 9.88. The molecule has 1 atom stereocenters. The number of nitrogens with one attached hydrogen (secondary N) is 1. The quantitative estimate of drug-likeness (QED) is 0.192.